The molecule has 9 nitrogen and oxygen atoms in total. The minimum Gasteiger partial charge on any atom is -0.504 e. The first-order valence-electron chi connectivity index (χ1n) is 15.3. The van der Waals surface area contributed by atoms with E-state index >= 15 is 0 Å². The number of allylic oxidation sites excluding steroid dienone is 1. The highest BCUT2D eigenvalue weighted by Gasteiger charge is 2.60. The molecule has 0 saturated heterocycles. The second kappa shape index (κ2) is 11.7. The van der Waals surface area contributed by atoms with Crippen LogP contribution in [0.2, 0.25) is 0 Å². The molecule has 0 heterocycles. The van der Waals surface area contributed by atoms with E-state index in [1.807, 2.05) is 6.08 Å². The van der Waals surface area contributed by atoms with Crippen molar-refractivity contribution in [1.82, 2.24) is 5.32 Å². The van der Waals surface area contributed by atoms with Crippen molar-refractivity contribution in [1.29, 1.82) is 0 Å². The summed E-state index contributed by atoms with van der Waals surface area (Å²) in [7, 11) is 1.22. The van der Waals surface area contributed by atoms with E-state index in [2.05, 4.69) is 19.2 Å². The van der Waals surface area contributed by atoms with Crippen molar-refractivity contribution < 1.29 is 38.9 Å². The summed E-state index contributed by atoms with van der Waals surface area (Å²) in [6, 6.07) is 3.15. The van der Waals surface area contributed by atoms with E-state index in [4.69, 9.17) is 9.47 Å². The van der Waals surface area contributed by atoms with Crippen molar-refractivity contribution in [3.63, 3.8) is 0 Å². The molecule has 9 heteroatoms. The monoisotopic (exact) mass is 581 g/mol. The number of carbonyl (C=O) groups excluding carboxylic acids is 4. The van der Waals surface area contributed by atoms with E-state index in [9.17, 15) is 29.4 Å². The number of aromatic hydroxyl groups is 2. The Labute approximate surface area is 247 Å². The third-order valence-corrected chi connectivity index (χ3v) is 11.0. The highest BCUT2D eigenvalue weighted by Crippen LogP contribution is 2.65. The molecule has 0 unspecified atom stereocenters. The first-order valence-corrected chi connectivity index (χ1v) is 15.3. The van der Waals surface area contributed by atoms with Gasteiger partial charge in [-0.15, -0.1) is 0 Å². The van der Waals surface area contributed by atoms with Crippen LogP contribution in [0.1, 0.15) is 83.6 Å². The third kappa shape index (κ3) is 5.66. The zero-order valence-corrected chi connectivity index (χ0v) is 24.8. The largest absolute Gasteiger partial charge is 0.504 e. The molecule has 1 amide bonds. The quantitative estimate of drug-likeness (QED) is 0.301. The fraction of sp³-hybridized carbons (Fsp3) is 0.636. The van der Waals surface area contributed by atoms with Crippen LogP contribution in [-0.4, -0.2) is 53.1 Å². The molecule has 42 heavy (non-hydrogen) atoms. The molecule has 4 aliphatic carbocycles. The molecule has 228 valence electrons. The van der Waals surface area contributed by atoms with Crippen LogP contribution in [0.4, 0.5) is 0 Å². The number of ketones is 1. The van der Waals surface area contributed by atoms with Crippen molar-refractivity contribution in [3.05, 3.63) is 35.4 Å². The van der Waals surface area contributed by atoms with E-state index in [1.165, 1.54) is 30.9 Å². The molecule has 3 fully saturated rings. The molecule has 5 rings (SSSR count). The predicted octanol–water partition coefficient (Wildman–Crippen LogP) is 4.52. The number of phenols is 2. The van der Waals surface area contributed by atoms with Crippen LogP contribution in [0.5, 0.6) is 11.5 Å². The van der Waals surface area contributed by atoms with Crippen LogP contribution in [0, 0.1) is 28.6 Å². The average Bonchev–Trinajstić information content (AvgIpc) is 3.29. The smallest absolute Gasteiger partial charge is 0.328 e. The molecular weight excluding hydrogens is 538 g/mol. The van der Waals surface area contributed by atoms with Gasteiger partial charge < -0.3 is 25.0 Å². The number of methoxy groups -OCH3 is 1. The summed E-state index contributed by atoms with van der Waals surface area (Å²) in [5.74, 6) is -0.281. The second-order valence-corrected chi connectivity index (χ2v) is 13.2. The number of carbonyl (C=O) groups is 4. The number of hydrogen-bond acceptors (Lipinski definition) is 8. The zero-order valence-electron chi connectivity index (χ0n) is 24.8. The number of phenolic OH excluding ortho intramolecular Hbond substituents is 2. The highest BCUT2D eigenvalue weighted by molar-refractivity contribution is 5.91. The summed E-state index contributed by atoms with van der Waals surface area (Å²) < 4.78 is 10.9. The van der Waals surface area contributed by atoms with Gasteiger partial charge in [0.2, 0.25) is 5.91 Å². The summed E-state index contributed by atoms with van der Waals surface area (Å²) in [5.41, 5.74) is 1.88. The fourth-order valence-electron chi connectivity index (χ4n) is 8.67. The predicted molar refractivity (Wildman–Crippen MR) is 153 cm³/mol. The van der Waals surface area contributed by atoms with Crippen molar-refractivity contribution in [2.75, 3.05) is 7.11 Å². The molecule has 0 bridgehead atoms. The van der Waals surface area contributed by atoms with Gasteiger partial charge in [-0.3, -0.25) is 14.4 Å². The van der Waals surface area contributed by atoms with E-state index in [0.717, 1.165) is 44.9 Å². The molecule has 0 spiro atoms. The number of fused-ring (bicyclic) bond motifs is 5. The molecule has 0 aromatic heterocycles. The number of amides is 1. The van der Waals surface area contributed by atoms with Crippen LogP contribution in [0.3, 0.4) is 0 Å². The van der Waals surface area contributed by atoms with Gasteiger partial charge in [0, 0.05) is 24.7 Å². The molecule has 7 atom stereocenters. The fourth-order valence-corrected chi connectivity index (χ4v) is 8.67. The number of esters is 2. The van der Waals surface area contributed by atoms with Gasteiger partial charge in [-0.25, -0.2) is 4.79 Å². The lowest BCUT2D eigenvalue weighted by Gasteiger charge is -2.57. The van der Waals surface area contributed by atoms with Gasteiger partial charge in [0.15, 0.2) is 17.3 Å². The number of nitrogens with one attached hydrogen (secondary N) is 1. The first kappa shape index (κ1) is 30.1. The van der Waals surface area contributed by atoms with Gasteiger partial charge in [-0.05, 0) is 91.9 Å². The van der Waals surface area contributed by atoms with Crippen molar-refractivity contribution in [2.45, 2.75) is 96.6 Å². The SMILES string of the molecule is COC(=O)[C@H](Cc1ccc(O)c(O)c1)NC(=O)CCC(=O)O[C@@H]1CC[C@@H]2[C@@H]3CCC4=CC(=O)CC[C@]4(C)[C@@H]3CC[C@@]21C. The third-order valence-electron chi connectivity index (χ3n) is 11.0. The normalized spacial score (nSPS) is 32.5. The average molecular weight is 582 g/mol. The maximum Gasteiger partial charge on any atom is 0.328 e. The van der Waals surface area contributed by atoms with Crippen LogP contribution in [0.25, 0.3) is 0 Å². The first-order chi connectivity index (χ1) is 19.9. The summed E-state index contributed by atoms with van der Waals surface area (Å²) in [6.45, 7) is 4.63. The van der Waals surface area contributed by atoms with Gasteiger partial charge in [0.05, 0.1) is 13.5 Å². The Morgan fingerprint density at radius 2 is 1.79 bits per heavy atom. The lowest BCUT2D eigenvalue weighted by molar-refractivity contribution is -0.160. The standard InChI is InChI=1S/C33H43NO8/c1-32-14-12-21(35)18-20(32)5-6-22-23-7-9-28(33(23,2)15-13-24(22)32)42-30(39)11-10-29(38)34-25(31(40)41-3)16-19-4-8-26(36)27(37)17-19/h4,8,17-18,22-25,28,36-37H,5-7,9-16H2,1-3H3,(H,34,38)/t22-,23+,24+,25-,28+,32-,33-/m0/s1. The summed E-state index contributed by atoms with van der Waals surface area (Å²) in [4.78, 5) is 50.0. The number of benzene rings is 1. The van der Waals surface area contributed by atoms with Crippen LogP contribution in [0.15, 0.2) is 29.8 Å². The Kier molecular flexibility index (Phi) is 8.41. The van der Waals surface area contributed by atoms with E-state index in [0.29, 0.717) is 29.7 Å². The van der Waals surface area contributed by atoms with Gasteiger partial charge in [0.25, 0.3) is 0 Å². The lowest BCUT2D eigenvalue weighted by atomic mass is 9.47. The molecule has 1 aromatic rings. The highest BCUT2D eigenvalue weighted by atomic mass is 16.5. The van der Waals surface area contributed by atoms with Gasteiger partial charge >= 0.3 is 11.9 Å². The van der Waals surface area contributed by atoms with Crippen LogP contribution in [-0.2, 0) is 35.1 Å². The van der Waals surface area contributed by atoms with Gasteiger partial charge in [-0.2, -0.15) is 0 Å². The van der Waals surface area contributed by atoms with Crippen LogP contribution >= 0.6 is 0 Å². The minimum atomic E-state index is -1.01. The zero-order chi connectivity index (χ0) is 30.2. The molecular formula is C33H43NO8. The number of hydrogen-bond donors (Lipinski definition) is 3. The Balaban J connectivity index is 1.15. The maximum absolute atomic E-state index is 12.9. The number of ether oxygens (including phenoxy) is 2. The number of rotatable bonds is 8. The Hall–Kier alpha value is -3.36. The van der Waals surface area contributed by atoms with E-state index in [1.54, 1.807) is 0 Å². The maximum atomic E-state index is 12.9. The summed E-state index contributed by atoms with van der Waals surface area (Å²) in [6.07, 6.45) is 9.13. The molecule has 3 saturated carbocycles. The molecule has 1 aromatic carbocycles. The summed E-state index contributed by atoms with van der Waals surface area (Å²) in [5, 5.41) is 21.9. The van der Waals surface area contributed by atoms with Crippen molar-refractivity contribution in [3.8, 4) is 11.5 Å². The van der Waals surface area contributed by atoms with Gasteiger partial charge in [-0.1, -0.05) is 25.5 Å². The molecule has 3 N–H and O–H groups in total. The van der Waals surface area contributed by atoms with E-state index in [-0.39, 0.29) is 53.5 Å². The lowest BCUT2D eigenvalue weighted by Crippen LogP contribution is -2.51. The molecule has 0 radical (unpaired) electrons. The minimum absolute atomic E-state index is 0.0489. The van der Waals surface area contributed by atoms with Crippen molar-refractivity contribution >= 4 is 23.6 Å². The van der Waals surface area contributed by atoms with Crippen molar-refractivity contribution in [2.24, 2.45) is 28.6 Å². The van der Waals surface area contributed by atoms with Gasteiger partial charge in [0.1, 0.15) is 12.1 Å². The Bertz CT molecular complexity index is 1290. The second-order valence-electron chi connectivity index (χ2n) is 13.2. The molecule has 4 aliphatic rings. The Morgan fingerprint density at radius 1 is 1.00 bits per heavy atom. The van der Waals surface area contributed by atoms with E-state index < -0.39 is 23.9 Å². The molecule has 0 aliphatic heterocycles. The topological polar surface area (TPSA) is 139 Å². The van der Waals surface area contributed by atoms with Crippen LogP contribution < -0.4 is 5.32 Å². The Morgan fingerprint density at radius 3 is 2.52 bits per heavy atom. The summed E-state index contributed by atoms with van der Waals surface area (Å²) >= 11 is 0.